The topological polar surface area (TPSA) is 52.6 Å². The maximum absolute atomic E-state index is 16.3. The third-order valence-electron chi connectivity index (χ3n) is 10.5. The Morgan fingerprint density at radius 3 is 0.491 bits per heavy atom. The van der Waals surface area contributed by atoms with E-state index in [1.54, 1.807) is 0 Å². The van der Waals surface area contributed by atoms with Gasteiger partial charge in [0, 0.05) is 0 Å². The second kappa shape index (κ2) is 14.6. The molecule has 0 saturated heterocycles. The molecule has 0 aliphatic rings. The molecule has 0 radical (unpaired) electrons. The first-order valence-corrected chi connectivity index (χ1v) is 23.7. The molecule has 0 atom stereocenters. The molecule has 0 aromatic heterocycles. The molecule has 55 heavy (non-hydrogen) atoms. The Bertz CT molecular complexity index is 2080. The molecule has 8 rings (SSSR count). The van der Waals surface area contributed by atoms with Crippen LogP contribution in [0.25, 0.3) is 0 Å². The van der Waals surface area contributed by atoms with Gasteiger partial charge in [0.25, 0.3) is 0 Å². The summed E-state index contributed by atoms with van der Waals surface area (Å²) in [7, 11) is -5.08. The number of rotatable bonds is 12. The van der Waals surface area contributed by atoms with E-state index >= 15 is 8.42 Å². The Hall–Kier alpha value is -5.51. The molecular weight excluding hydrogens is 735 g/mol. The zero-order valence-corrected chi connectivity index (χ0v) is 32.6. The molecule has 0 amide bonds. The summed E-state index contributed by atoms with van der Waals surface area (Å²) >= 11 is 0. The molecule has 7 heteroatoms. The average molecular weight is 775 g/mol. The quantitative estimate of drug-likeness (QED) is 0.119. The molecule has 272 valence electrons. The van der Waals surface area contributed by atoms with Crippen LogP contribution in [-0.4, -0.2) is 8.42 Å². The molecule has 4 nitrogen and oxygen atoms in total. The molecule has 0 aliphatic heterocycles. The van der Waals surface area contributed by atoms with Crippen molar-refractivity contribution in [3.05, 3.63) is 243 Å². The summed E-state index contributed by atoms with van der Waals surface area (Å²) in [4.78, 5) is 0. The van der Waals surface area contributed by atoms with Gasteiger partial charge in [0.15, 0.2) is 0 Å². The van der Waals surface area contributed by atoms with Crippen molar-refractivity contribution in [1.29, 1.82) is 0 Å². The summed E-state index contributed by atoms with van der Waals surface area (Å²) in [6, 6.07) is 78.0. The molecule has 0 saturated carbocycles. The molecule has 0 N–H and O–H groups in total. The first-order valence-electron chi connectivity index (χ1n) is 18.1. The van der Waals surface area contributed by atoms with Crippen molar-refractivity contribution in [2.45, 2.75) is 0 Å². The first kappa shape index (κ1) is 36.5. The van der Waals surface area contributed by atoms with E-state index in [1.807, 2.05) is 243 Å². The van der Waals surface area contributed by atoms with Crippen LogP contribution in [0, 0.1) is 0 Å². The average Bonchev–Trinajstić information content (AvgIpc) is 3.27. The van der Waals surface area contributed by atoms with E-state index in [4.69, 9.17) is 7.94 Å². The molecule has 8 aromatic rings. The third-order valence-corrected chi connectivity index (χ3v) is 24.6. The zero-order valence-electron chi connectivity index (χ0n) is 30.0. The number of benzene rings is 8. The van der Waals surface area contributed by atoms with Crippen LogP contribution >= 0.6 is 13.7 Å². The van der Waals surface area contributed by atoms with Crippen LogP contribution in [0.5, 0.6) is 0 Å². The van der Waals surface area contributed by atoms with Gasteiger partial charge in [-0.1, -0.05) is 0 Å². The first-order chi connectivity index (χ1) is 26.9. The van der Waals surface area contributed by atoms with Crippen molar-refractivity contribution in [3.63, 3.8) is 0 Å². The molecule has 0 spiro atoms. The Balaban J connectivity index is 1.56. The fraction of sp³-hybridized carbons (Fsp3) is 0. The van der Waals surface area contributed by atoms with Crippen molar-refractivity contribution in [2.24, 2.45) is 0 Å². The summed E-state index contributed by atoms with van der Waals surface area (Å²) < 4.78 is 47.4. The predicted molar refractivity (Wildman–Crippen MR) is 234 cm³/mol. The van der Waals surface area contributed by atoms with E-state index in [0.717, 1.165) is 0 Å². The molecule has 8 aromatic carbocycles. The monoisotopic (exact) mass is 774 g/mol. The van der Waals surface area contributed by atoms with Gasteiger partial charge in [-0.05, 0) is 0 Å². The summed E-state index contributed by atoms with van der Waals surface area (Å²) in [6.45, 7) is -9.53. The van der Waals surface area contributed by atoms with Gasteiger partial charge < -0.3 is 0 Å². The van der Waals surface area contributed by atoms with Crippen molar-refractivity contribution >= 4 is 66.5 Å². The fourth-order valence-corrected chi connectivity index (χ4v) is 23.7. The predicted octanol–water partition coefficient (Wildman–Crippen LogP) is 7.81. The van der Waals surface area contributed by atoms with Crippen LogP contribution in [0.1, 0.15) is 0 Å². The zero-order chi connectivity index (χ0) is 37.7. The van der Waals surface area contributed by atoms with Crippen LogP contribution in [0.4, 0.5) is 0 Å². The van der Waals surface area contributed by atoms with Crippen LogP contribution in [0.2, 0.25) is 0 Å². The third kappa shape index (κ3) is 5.63. The van der Waals surface area contributed by atoms with Gasteiger partial charge in [0.05, 0.1) is 0 Å². The molecule has 0 unspecified atom stereocenters. The second-order valence-corrected chi connectivity index (χ2v) is 23.6. The van der Waals surface area contributed by atoms with Gasteiger partial charge in [0.2, 0.25) is 0 Å². The van der Waals surface area contributed by atoms with Crippen molar-refractivity contribution in [3.8, 4) is 0 Å². The van der Waals surface area contributed by atoms with Crippen LogP contribution in [0.3, 0.4) is 0 Å². The van der Waals surface area contributed by atoms with Crippen LogP contribution in [0.15, 0.2) is 243 Å². The standard InChI is InChI=1S/C48H40O4P2S/c49-55(50,51-53(41-25-9-1-10-26-41,42-27-11-2-12-28-42,43-29-13-3-14-30-43)44-31-15-4-16-32-44)52-54(45-33-17-5-18-34-45,46-35-19-6-20-36-46,47-37-21-7-22-38-47)48-39-23-8-24-40-48/h1-40H. The maximum atomic E-state index is 16.3. The Morgan fingerprint density at radius 2 is 0.364 bits per heavy atom. The van der Waals surface area contributed by atoms with Gasteiger partial charge in [-0.2, -0.15) is 0 Å². The normalized spacial score (nSPS) is 13.5. The summed E-state index contributed by atoms with van der Waals surface area (Å²) in [5.74, 6) is 0. The molecule has 0 heterocycles. The number of hydrogen-bond donors (Lipinski definition) is 0. The second-order valence-electron chi connectivity index (χ2n) is 13.3. The SMILES string of the molecule is O=S(=O)(OP(c1ccccc1)(c1ccccc1)(c1ccccc1)c1ccccc1)OP(c1ccccc1)(c1ccccc1)(c1ccccc1)c1ccccc1. The molecule has 0 bridgehead atoms. The molecular formula is C48H40O4P2S. The van der Waals surface area contributed by atoms with Crippen molar-refractivity contribution in [2.75, 3.05) is 0 Å². The fourth-order valence-electron chi connectivity index (χ4n) is 8.21. The van der Waals surface area contributed by atoms with Gasteiger partial charge in [0.1, 0.15) is 0 Å². The summed E-state index contributed by atoms with van der Waals surface area (Å²) in [5.41, 5.74) is 0. The van der Waals surface area contributed by atoms with Crippen molar-refractivity contribution < 1.29 is 16.4 Å². The molecule has 0 aliphatic carbocycles. The van der Waals surface area contributed by atoms with E-state index in [1.165, 1.54) is 0 Å². The van der Waals surface area contributed by atoms with Crippen LogP contribution < -0.4 is 42.4 Å². The Labute approximate surface area is 324 Å². The summed E-state index contributed by atoms with van der Waals surface area (Å²) in [5, 5.41) is 5.69. The van der Waals surface area contributed by atoms with E-state index in [0.29, 0.717) is 42.4 Å². The minimum atomic E-state index is -5.08. The van der Waals surface area contributed by atoms with E-state index in [9.17, 15) is 0 Å². The van der Waals surface area contributed by atoms with Gasteiger partial charge in [-0.3, -0.25) is 0 Å². The van der Waals surface area contributed by atoms with Crippen LogP contribution in [-0.2, 0) is 18.3 Å². The number of hydrogen-bond acceptors (Lipinski definition) is 4. The molecule has 0 fully saturated rings. The van der Waals surface area contributed by atoms with Crippen molar-refractivity contribution in [1.82, 2.24) is 0 Å². The van der Waals surface area contributed by atoms with Gasteiger partial charge in [-0.25, -0.2) is 0 Å². The summed E-state index contributed by atoms with van der Waals surface area (Å²) in [6.07, 6.45) is 0. The Morgan fingerprint density at radius 1 is 0.236 bits per heavy atom. The Kier molecular flexibility index (Phi) is 9.69. The van der Waals surface area contributed by atoms with E-state index in [2.05, 4.69) is 0 Å². The van der Waals surface area contributed by atoms with E-state index < -0.39 is 24.1 Å². The van der Waals surface area contributed by atoms with Gasteiger partial charge in [-0.15, -0.1) is 0 Å². The minimum absolute atomic E-state index is 0.712. The van der Waals surface area contributed by atoms with E-state index in [-0.39, 0.29) is 0 Å². The van der Waals surface area contributed by atoms with Gasteiger partial charge >= 0.3 is 326 Å².